The monoisotopic (exact) mass is 330 g/mol. The molecule has 0 amide bonds. The summed E-state index contributed by atoms with van der Waals surface area (Å²) in [6.07, 6.45) is 4.78. The van der Waals surface area contributed by atoms with Crippen molar-refractivity contribution in [2.75, 3.05) is 0 Å². The van der Waals surface area contributed by atoms with Gasteiger partial charge in [0.05, 0.1) is 0 Å². The van der Waals surface area contributed by atoms with Gasteiger partial charge in [0.2, 0.25) is 0 Å². The Kier molecular flexibility index (Phi) is 3.85. The summed E-state index contributed by atoms with van der Waals surface area (Å²) in [5.41, 5.74) is 5.84. The molecule has 0 bridgehead atoms. The Morgan fingerprint density at radius 1 is 1.04 bits per heavy atom. The Morgan fingerprint density at radius 3 is 2.48 bits per heavy atom. The molecule has 6 heteroatoms. The molecule has 4 rings (SSSR count). The number of imidazole rings is 1. The highest BCUT2D eigenvalue weighted by molar-refractivity contribution is 5.71. The van der Waals surface area contributed by atoms with Crippen LogP contribution >= 0.6 is 0 Å². The molecule has 2 heterocycles. The van der Waals surface area contributed by atoms with Crippen molar-refractivity contribution in [3.8, 4) is 28.2 Å². The summed E-state index contributed by atoms with van der Waals surface area (Å²) in [7, 11) is 0. The highest BCUT2D eigenvalue weighted by atomic mass is 15.5. The smallest absolute Gasteiger partial charge is 0.179 e. The third-order valence-corrected chi connectivity index (χ3v) is 4.39. The summed E-state index contributed by atoms with van der Waals surface area (Å²) in [5.74, 6) is 1.66. The third-order valence-electron chi connectivity index (χ3n) is 4.39. The van der Waals surface area contributed by atoms with E-state index in [1.165, 1.54) is 16.7 Å². The van der Waals surface area contributed by atoms with Gasteiger partial charge in [-0.3, -0.25) is 0 Å². The third kappa shape index (κ3) is 2.82. The fraction of sp³-hybridized carbons (Fsp3) is 0.158. The van der Waals surface area contributed by atoms with Crippen LogP contribution in [0.2, 0.25) is 0 Å². The SMILES string of the molecule is CCc1cc(-n2ccnc2C)ccc1-c1ccc(-c2nnn[nH]2)cc1. The van der Waals surface area contributed by atoms with Gasteiger partial charge >= 0.3 is 0 Å². The second-order valence-corrected chi connectivity index (χ2v) is 5.87. The molecule has 0 saturated carbocycles. The van der Waals surface area contributed by atoms with Crippen molar-refractivity contribution in [3.05, 3.63) is 66.2 Å². The number of aryl methyl sites for hydroxylation is 2. The van der Waals surface area contributed by atoms with E-state index in [0.29, 0.717) is 5.82 Å². The number of tetrazole rings is 1. The van der Waals surface area contributed by atoms with E-state index in [4.69, 9.17) is 0 Å². The van der Waals surface area contributed by atoms with Gasteiger partial charge in [0.1, 0.15) is 5.82 Å². The summed E-state index contributed by atoms with van der Waals surface area (Å²) in [6, 6.07) is 14.8. The van der Waals surface area contributed by atoms with Crippen molar-refractivity contribution in [1.29, 1.82) is 0 Å². The van der Waals surface area contributed by atoms with Crippen molar-refractivity contribution in [1.82, 2.24) is 30.2 Å². The van der Waals surface area contributed by atoms with Crippen molar-refractivity contribution >= 4 is 0 Å². The number of hydrogen-bond donors (Lipinski definition) is 1. The van der Waals surface area contributed by atoms with Crippen LogP contribution in [0.25, 0.3) is 28.2 Å². The number of aromatic amines is 1. The second kappa shape index (κ2) is 6.32. The van der Waals surface area contributed by atoms with Gasteiger partial charge in [0.15, 0.2) is 5.82 Å². The fourth-order valence-corrected chi connectivity index (χ4v) is 3.04. The lowest BCUT2D eigenvalue weighted by Gasteiger charge is -2.12. The van der Waals surface area contributed by atoms with E-state index in [9.17, 15) is 0 Å². The number of nitrogens with zero attached hydrogens (tertiary/aromatic N) is 5. The normalized spacial score (nSPS) is 11.0. The summed E-state index contributed by atoms with van der Waals surface area (Å²) >= 11 is 0. The Labute approximate surface area is 145 Å². The minimum Gasteiger partial charge on any atom is -0.304 e. The maximum absolute atomic E-state index is 4.31. The average molecular weight is 330 g/mol. The molecule has 25 heavy (non-hydrogen) atoms. The molecule has 124 valence electrons. The van der Waals surface area contributed by atoms with Gasteiger partial charge < -0.3 is 4.57 Å². The van der Waals surface area contributed by atoms with Crippen LogP contribution in [0.3, 0.4) is 0 Å². The van der Waals surface area contributed by atoms with Crippen LogP contribution in [0.4, 0.5) is 0 Å². The van der Waals surface area contributed by atoms with Crippen LogP contribution in [0, 0.1) is 6.92 Å². The minimum absolute atomic E-state index is 0.674. The molecule has 0 atom stereocenters. The largest absolute Gasteiger partial charge is 0.304 e. The van der Waals surface area contributed by atoms with Crippen molar-refractivity contribution in [3.63, 3.8) is 0 Å². The molecule has 0 aliphatic rings. The zero-order valence-electron chi connectivity index (χ0n) is 14.1. The molecule has 0 spiro atoms. The molecule has 0 unspecified atom stereocenters. The molecular formula is C19H18N6. The summed E-state index contributed by atoms with van der Waals surface area (Å²) in [5, 5.41) is 14.0. The zero-order valence-corrected chi connectivity index (χ0v) is 14.1. The molecule has 4 aromatic rings. The average Bonchev–Trinajstić information content (AvgIpc) is 3.33. The van der Waals surface area contributed by atoms with E-state index in [1.54, 1.807) is 0 Å². The Morgan fingerprint density at radius 2 is 1.84 bits per heavy atom. The first-order valence-corrected chi connectivity index (χ1v) is 8.24. The van der Waals surface area contributed by atoms with Crippen molar-refractivity contribution in [2.24, 2.45) is 0 Å². The predicted molar refractivity (Wildman–Crippen MR) is 96.3 cm³/mol. The first-order chi connectivity index (χ1) is 12.3. The van der Waals surface area contributed by atoms with E-state index in [0.717, 1.165) is 23.5 Å². The van der Waals surface area contributed by atoms with E-state index < -0.39 is 0 Å². The van der Waals surface area contributed by atoms with Gasteiger partial charge in [-0.1, -0.05) is 37.3 Å². The summed E-state index contributed by atoms with van der Waals surface area (Å²) < 4.78 is 2.10. The van der Waals surface area contributed by atoms with Crippen LogP contribution in [-0.2, 0) is 6.42 Å². The Hall–Kier alpha value is -3.28. The van der Waals surface area contributed by atoms with E-state index >= 15 is 0 Å². The van der Waals surface area contributed by atoms with Gasteiger partial charge in [-0.25, -0.2) is 10.1 Å². The van der Waals surface area contributed by atoms with Crippen LogP contribution in [0.1, 0.15) is 18.3 Å². The quantitative estimate of drug-likeness (QED) is 0.620. The fourth-order valence-electron chi connectivity index (χ4n) is 3.04. The summed E-state index contributed by atoms with van der Waals surface area (Å²) in [6.45, 7) is 4.19. The van der Waals surface area contributed by atoms with Crippen LogP contribution < -0.4 is 0 Å². The number of hydrogen-bond acceptors (Lipinski definition) is 4. The maximum Gasteiger partial charge on any atom is 0.179 e. The number of nitrogens with one attached hydrogen (secondary N) is 1. The number of rotatable bonds is 4. The molecule has 0 aliphatic carbocycles. The minimum atomic E-state index is 0.674. The van der Waals surface area contributed by atoms with E-state index in [-0.39, 0.29) is 0 Å². The predicted octanol–water partition coefficient (Wildman–Crippen LogP) is 3.59. The van der Waals surface area contributed by atoms with Gasteiger partial charge in [-0.05, 0) is 52.6 Å². The number of benzene rings is 2. The molecular weight excluding hydrogens is 312 g/mol. The molecule has 1 N–H and O–H groups in total. The highest BCUT2D eigenvalue weighted by Gasteiger charge is 2.09. The van der Waals surface area contributed by atoms with E-state index in [2.05, 4.69) is 67.4 Å². The van der Waals surface area contributed by atoms with Gasteiger partial charge in [0, 0.05) is 23.6 Å². The molecule has 0 fully saturated rings. The Balaban J connectivity index is 1.71. The van der Waals surface area contributed by atoms with Crippen LogP contribution in [-0.4, -0.2) is 30.2 Å². The first kappa shape index (κ1) is 15.3. The van der Waals surface area contributed by atoms with Crippen LogP contribution in [0.15, 0.2) is 54.9 Å². The first-order valence-electron chi connectivity index (χ1n) is 8.24. The highest BCUT2D eigenvalue weighted by Crippen LogP contribution is 2.28. The summed E-state index contributed by atoms with van der Waals surface area (Å²) in [4.78, 5) is 4.31. The lowest BCUT2D eigenvalue weighted by Crippen LogP contribution is -1.98. The molecule has 2 aromatic heterocycles. The van der Waals surface area contributed by atoms with Gasteiger partial charge in [-0.2, -0.15) is 0 Å². The number of H-pyrrole nitrogens is 1. The lowest BCUT2D eigenvalue weighted by molar-refractivity contribution is 0.881. The lowest BCUT2D eigenvalue weighted by atomic mass is 9.96. The van der Waals surface area contributed by atoms with Crippen molar-refractivity contribution in [2.45, 2.75) is 20.3 Å². The molecule has 0 radical (unpaired) electrons. The molecule has 6 nitrogen and oxygen atoms in total. The molecule has 0 aliphatic heterocycles. The zero-order chi connectivity index (χ0) is 17.2. The van der Waals surface area contributed by atoms with Gasteiger partial charge in [-0.15, -0.1) is 5.10 Å². The van der Waals surface area contributed by atoms with Crippen LogP contribution in [0.5, 0.6) is 0 Å². The van der Waals surface area contributed by atoms with E-state index in [1.807, 2.05) is 31.5 Å². The Bertz CT molecular complexity index is 983. The number of aromatic nitrogens is 6. The standard InChI is InChI=1S/C19H18N6/c1-3-14-12-17(25-11-10-20-13(25)2)8-9-18(14)15-4-6-16(7-5-15)19-21-23-24-22-19/h4-12H,3H2,1-2H3,(H,21,22,23,24). The molecule has 0 saturated heterocycles. The topological polar surface area (TPSA) is 72.3 Å². The second-order valence-electron chi connectivity index (χ2n) is 5.87. The molecule has 2 aromatic carbocycles. The maximum atomic E-state index is 4.31. The van der Waals surface area contributed by atoms with Crippen molar-refractivity contribution < 1.29 is 0 Å². The van der Waals surface area contributed by atoms with Gasteiger partial charge in [0.25, 0.3) is 0 Å².